The minimum Gasteiger partial charge on any atom is -0.311 e. The molecular weight excluding hydrogens is 218 g/mol. The van der Waals surface area contributed by atoms with Crippen LogP contribution in [0.4, 0.5) is 0 Å². The normalized spacial score (nSPS) is 35.4. The van der Waals surface area contributed by atoms with Gasteiger partial charge in [-0.15, -0.1) is 0 Å². The molecule has 0 spiro atoms. The summed E-state index contributed by atoms with van der Waals surface area (Å²) < 4.78 is 0. The fourth-order valence-electron chi connectivity index (χ4n) is 3.74. The molecule has 0 amide bonds. The van der Waals surface area contributed by atoms with Crippen molar-refractivity contribution in [3.63, 3.8) is 0 Å². The molecule has 18 heavy (non-hydrogen) atoms. The maximum Gasteiger partial charge on any atom is 0.00813 e. The highest BCUT2D eigenvalue weighted by Gasteiger charge is 2.33. The molecule has 3 rings (SSSR count). The highest BCUT2D eigenvalue weighted by atomic mass is 15.0. The van der Waals surface area contributed by atoms with Crippen LogP contribution in [0.5, 0.6) is 0 Å². The number of aryl methyl sites for hydroxylation is 1. The molecule has 0 bridgehead atoms. The van der Waals surface area contributed by atoms with E-state index < -0.39 is 0 Å². The predicted molar refractivity (Wildman–Crippen MR) is 76.9 cm³/mol. The van der Waals surface area contributed by atoms with Crippen LogP contribution in [0.3, 0.4) is 0 Å². The topological polar surface area (TPSA) is 12.0 Å². The van der Waals surface area contributed by atoms with E-state index in [1.807, 2.05) is 0 Å². The van der Waals surface area contributed by atoms with Crippen molar-refractivity contribution in [3.05, 3.63) is 35.4 Å². The summed E-state index contributed by atoms with van der Waals surface area (Å²) in [6, 6.07) is 10.5. The molecule has 2 atom stereocenters. The minimum atomic E-state index is 0.782. The zero-order valence-corrected chi connectivity index (χ0v) is 11.7. The Hall–Kier alpha value is -0.820. The molecule has 1 nitrogen and oxygen atoms in total. The van der Waals surface area contributed by atoms with Crippen molar-refractivity contribution in [2.24, 2.45) is 5.92 Å². The Morgan fingerprint density at radius 3 is 2.44 bits per heavy atom. The molecule has 1 aromatic carbocycles. The number of nitrogens with one attached hydrogen (secondary N) is 1. The highest BCUT2D eigenvalue weighted by Crippen LogP contribution is 2.39. The van der Waals surface area contributed by atoms with Crippen LogP contribution in [0.15, 0.2) is 24.3 Å². The lowest BCUT2D eigenvalue weighted by atomic mass is 9.74. The van der Waals surface area contributed by atoms with Crippen LogP contribution < -0.4 is 5.32 Å². The molecule has 2 fully saturated rings. The SMILES string of the molecule is Cc1ccccc1C1CC(NC2CCC(C)C2)C1. The standard InChI is InChI=1S/C17H25N/c1-12-7-8-15(9-12)18-16-10-14(11-16)17-6-4-3-5-13(17)2/h3-6,12,14-16,18H,7-11H2,1-2H3. The van der Waals surface area contributed by atoms with Crippen LogP contribution in [0, 0.1) is 12.8 Å². The summed E-state index contributed by atoms with van der Waals surface area (Å²) in [5.41, 5.74) is 3.05. The summed E-state index contributed by atoms with van der Waals surface area (Å²) in [5.74, 6) is 1.75. The molecule has 2 aliphatic carbocycles. The van der Waals surface area contributed by atoms with Crippen molar-refractivity contribution in [3.8, 4) is 0 Å². The van der Waals surface area contributed by atoms with Gasteiger partial charge in [-0.05, 0) is 62.0 Å². The van der Waals surface area contributed by atoms with Gasteiger partial charge in [-0.2, -0.15) is 0 Å². The Kier molecular flexibility index (Phi) is 3.43. The summed E-state index contributed by atoms with van der Waals surface area (Å²) in [6.45, 7) is 4.63. The largest absolute Gasteiger partial charge is 0.311 e. The van der Waals surface area contributed by atoms with E-state index in [1.54, 1.807) is 5.56 Å². The van der Waals surface area contributed by atoms with E-state index in [4.69, 9.17) is 0 Å². The van der Waals surface area contributed by atoms with Gasteiger partial charge in [0, 0.05) is 12.1 Å². The van der Waals surface area contributed by atoms with E-state index >= 15 is 0 Å². The summed E-state index contributed by atoms with van der Waals surface area (Å²) in [5, 5.41) is 3.86. The second kappa shape index (κ2) is 5.05. The lowest BCUT2D eigenvalue weighted by Gasteiger charge is -2.39. The van der Waals surface area contributed by atoms with Gasteiger partial charge in [-0.3, -0.25) is 0 Å². The summed E-state index contributed by atoms with van der Waals surface area (Å²) in [7, 11) is 0. The van der Waals surface area contributed by atoms with Crippen LogP contribution in [0.25, 0.3) is 0 Å². The number of benzene rings is 1. The Balaban J connectivity index is 1.50. The molecule has 0 aliphatic heterocycles. The zero-order chi connectivity index (χ0) is 12.5. The average Bonchev–Trinajstić information content (AvgIpc) is 2.70. The number of hydrogen-bond donors (Lipinski definition) is 1. The molecule has 0 radical (unpaired) electrons. The van der Waals surface area contributed by atoms with Gasteiger partial charge in [0.05, 0.1) is 0 Å². The summed E-state index contributed by atoms with van der Waals surface area (Å²) in [4.78, 5) is 0. The quantitative estimate of drug-likeness (QED) is 0.845. The molecule has 2 saturated carbocycles. The van der Waals surface area contributed by atoms with E-state index in [-0.39, 0.29) is 0 Å². The fourth-order valence-corrected chi connectivity index (χ4v) is 3.74. The third-order valence-corrected chi connectivity index (χ3v) is 4.93. The first-order valence-corrected chi connectivity index (χ1v) is 7.54. The molecule has 2 unspecified atom stereocenters. The van der Waals surface area contributed by atoms with Gasteiger partial charge < -0.3 is 5.32 Å². The Labute approximate surface area is 111 Å². The molecule has 1 heteroatoms. The van der Waals surface area contributed by atoms with Gasteiger partial charge in [0.1, 0.15) is 0 Å². The molecule has 1 aromatic rings. The lowest BCUT2D eigenvalue weighted by molar-refractivity contribution is 0.263. The second-order valence-corrected chi connectivity index (χ2v) is 6.50. The minimum absolute atomic E-state index is 0.782. The van der Waals surface area contributed by atoms with Crippen molar-refractivity contribution < 1.29 is 0 Å². The summed E-state index contributed by atoms with van der Waals surface area (Å²) >= 11 is 0. The van der Waals surface area contributed by atoms with E-state index in [0.29, 0.717) is 0 Å². The Morgan fingerprint density at radius 2 is 1.78 bits per heavy atom. The van der Waals surface area contributed by atoms with Gasteiger partial charge in [0.15, 0.2) is 0 Å². The van der Waals surface area contributed by atoms with Gasteiger partial charge in [-0.1, -0.05) is 31.2 Å². The van der Waals surface area contributed by atoms with Crippen LogP contribution in [0.1, 0.15) is 56.1 Å². The highest BCUT2D eigenvalue weighted by molar-refractivity contribution is 5.31. The van der Waals surface area contributed by atoms with Crippen LogP contribution in [0.2, 0.25) is 0 Å². The predicted octanol–water partition coefficient (Wildman–Crippen LogP) is 4.02. The van der Waals surface area contributed by atoms with Crippen molar-refractivity contribution in [1.29, 1.82) is 0 Å². The Morgan fingerprint density at radius 1 is 1.00 bits per heavy atom. The third kappa shape index (κ3) is 2.47. The molecular formula is C17H25N. The average molecular weight is 243 g/mol. The molecule has 98 valence electrons. The van der Waals surface area contributed by atoms with E-state index in [2.05, 4.69) is 43.4 Å². The molecule has 0 aromatic heterocycles. The van der Waals surface area contributed by atoms with Crippen LogP contribution in [-0.4, -0.2) is 12.1 Å². The van der Waals surface area contributed by atoms with Gasteiger partial charge in [-0.25, -0.2) is 0 Å². The van der Waals surface area contributed by atoms with E-state index in [9.17, 15) is 0 Å². The maximum absolute atomic E-state index is 3.86. The molecule has 0 saturated heterocycles. The van der Waals surface area contributed by atoms with Gasteiger partial charge in [0.2, 0.25) is 0 Å². The molecule has 0 heterocycles. The first-order valence-electron chi connectivity index (χ1n) is 7.54. The van der Waals surface area contributed by atoms with Gasteiger partial charge >= 0.3 is 0 Å². The monoisotopic (exact) mass is 243 g/mol. The maximum atomic E-state index is 3.86. The van der Waals surface area contributed by atoms with Gasteiger partial charge in [0.25, 0.3) is 0 Å². The van der Waals surface area contributed by atoms with E-state index in [0.717, 1.165) is 23.9 Å². The first-order chi connectivity index (χ1) is 8.72. The molecule has 2 aliphatic rings. The van der Waals surface area contributed by atoms with Crippen molar-refractivity contribution >= 4 is 0 Å². The summed E-state index contributed by atoms with van der Waals surface area (Å²) in [6.07, 6.45) is 6.90. The Bertz CT molecular complexity index is 406. The zero-order valence-electron chi connectivity index (χ0n) is 11.7. The van der Waals surface area contributed by atoms with Crippen molar-refractivity contribution in [2.45, 2.75) is 64.0 Å². The second-order valence-electron chi connectivity index (χ2n) is 6.50. The number of hydrogen-bond acceptors (Lipinski definition) is 1. The van der Waals surface area contributed by atoms with Crippen molar-refractivity contribution in [1.82, 2.24) is 5.32 Å². The fraction of sp³-hybridized carbons (Fsp3) is 0.647. The smallest absolute Gasteiger partial charge is 0.00813 e. The molecule has 1 N–H and O–H groups in total. The van der Waals surface area contributed by atoms with E-state index in [1.165, 1.54) is 37.7 Å². The van der Waals surface area contributed by atoms with Crippen LogP contribution >= 0.6 is 0 Å². The number of rotatable bonds is 3. The first kappa shape index (κ1) is 12.2. The third-order valence-electron chi connectivity index (χ3n) is 4.93. The van der Waals surface area contributed by atoms with Crippen LogP contribution in [-0.2, 0) is 0 Å². The lowest BCUT2D eigenvalue weighted by Crippen LogP contribution is -2.44. The van der Waals surface area contributed by atoms with Crippen molar-refractivity contribution in [2.75, 3.05) is 0 Å².